The van der Waals surface area contributed by atoms with Gasteiger partial charge in [0.05, 0.1) is 31.1 Å². The van der Waals surface area contributed by atoms with Crippen molar-refractivity contribution in [1.82, 2.24) is 9.97 Å². The summed E-state index contributed by atoms with van der Waals surface area (Å²) in [5.74, 6) is 2.14. The lowest BCUT2D eigenvalue weighted by molar-refractivity contribution is -0.157. The Morgan fingerprint density at radius 1 is 0.918 bits per heavy atom. The number of aromatic nitrogens is 2. The van der Waals surface area contributed by atoms with Crippen molar-refractivity contribution in [3.05, 3.63) is 83.1 Å². The lowest BCUT2D eigenvalue weighted by Crippen LogP contribution is -2.34. The van der Waals surface area contributed by atoms with Gasteiger partial charge in [0.2, 0.25) is 11.8 Å². The molecule has 2 aromatic heterocycles. The fourth-order valence-electron chi connectivity index (χ4n) is 5.48. The summed E-state index contributed by atoms with van der Waals surface area (Å²) in [4.78, 5) is 20.4. The number of aryl methyl sites for hydroxylation is 1. The molecule has 1 fully saturated rings. The smallest absolute Gasteiger partial charge is 0.335 e. The van der Waals surface area contributed by atoms with Gasteiger partial charge in [0.15, 0.2) is 6.10 Å². The molecule has 9 nitrogen and oxygen atoms in total. The molecule has 0 spiro atoms. The standard InChI is InChI=1S/C26H37NO6.C13H14INO/c1-5-13-30-24(26(28)29)16-32-22-8-6-7-21(14-22)31-15-23-18(4)33-25(27-23)20-11-9-19(10-12-20)17(2)3;1-9(2)10-3-5-11(6-4-10)13-15-12(7-14)8-16-13/h9-12,17,21-22,24H,5-8,13-16H2,1-4H3,(H,28,29);3-6,8-9H,7H2,1-2H3/t21-,22+,24?;/m0./s1. The van der Waals surface area contributed by atoms with Gasteiger partial charge in [-0.25, -0.2) is 14.8 Å². The molecule has 49 heavy (non-hydrogen) atoms. The van der Waals surface area contributed by atoms with Crippen LogP contribution in [0.5, 0.6) is 0 Å². The molecule has 10 heteroatoms. The maximum atomic E-state index is 11.3. The molecule has 2 aromatic carbocycles. The van der Waals surface area contributed by atoms with Crippen molar-refractivity contribution in [1.29, 1.82) is 0 Å². The predicted molar refractivity (Wildman–Crippen MR) is 199 cm³/mol. The Morgan fingerprint density at radius 3 is 2.04 bits per heavy atom. The monoisotopic (exact) mass is 786 g/mol. The lowest BCUT2D eigenvalue weighted by atomic mass is 9.95. The Balaban J connectivity index is 0.000000281. The van der Waals surface area contributed by atoms with Gasteiger partial charge in [-0.15, -0.1) is 0 Å². The van der Waals surface area contributed by atoms with Crippen LogP contribution in [-0.2, 0) is 30.0 Å². The first-order valence-electron chi connectivity index (χ1n) is 17.3. The number of benzene rings is 2. The number of halogens is 1. The zero-order chi connectivity index (χ0) is 35.3. The lowest BCUT2D eigenvalue weighted by Gasteiger charge is -2.29. The first-order chi connectivity index (χ1) is 23.6. The number of rotatable bonds is 15. The van der Waals surface area contributed by atoms with Gasteiger partial charge in [-0.05, 0) is 86.3 Å². The second kappa shape index (κ2) is 19.4. The number of alkyl halides is 1. The summed E-state index contributed by atoms with van der Waals surface area (Å²) in [5.41, 5.74) is 6.41. The van der Waals surface area contributed by atoms with E-state index in [-0.39, 0.29) is 18.8 Å². The summed E-state index contributed by atoms with van der Waals surface area (Å²) >= 11 is 2.28. The maximum absolute atomic E-state index is 11.3. The van der Waals surface area contributed by atoms with E-state index in [1.165, 1.54) is 11.1 Å². The zero-order valence-electron chi connectivity index (χ0n) is 29.6. The average molecular weight is 787 g/mol. The topological polar surface area (TPSA) is 117 Å². The van der Waals surface area contributed by atoms with E-state index in [0.29, 0.717) is 36.8 Å². The van der Waals surface area contributed by atoms with Crippen molar-refractivity contribution in [3.8, 4) is 22.9 Å². The predicted octanol–water partition coefficient (Wildman–Crippen LogP) is 9.90. The normalized spacial score (nSPS) is 16.8. The highest BCUT2D eigenvalue weighted by Crippen LogP contribution is 2.28. The van der Waals surface area contributed by atoms with Crippen LogP contribution in [0, 0.1) is 6.92 Å². The summed E-state index contributed by atoms with van der Waals surface area (Å²) in [6.45, 7) is 13.4. The molecule has 2 heterocycles. The van der Waals surface area contributed by atoms with Crippen LogP contribution >= 0.6 is 22.6 Å². The third-order valence-corrected chi connectivity index (χ3v) is 9.33. The summed E-state index contributed by atoms with van der Waals surface area (Å²) in [6.07, 6.45) is 5.17. The molecule has 0 radical (unpaired) electrons. The molecule has 0 aliphatic heterocycles. The van der Waals surface area contributed by atoms with Gasteiger partial charge in [-0.1, -0.05) is 81.5 Å². The Bertz CT molecular complexity index is 1560. The number of hydrogen-bond donors (Lipinski definition) is 1. The minimum absolute atomic E-state index is 0.0238. The van der Waals surface area contributed by atoms with E-state index in [1.54, 1.807) is 6.26 Å². The SMILES string of the molecule is CC(C)c1ccc(-c2nc(CI)co2)cc1.CCCOC(CO[C@@H]1CCC[C@H](OCc2nc(-c3ccc(C(C)C)cc3)oc2C)C1)C(=O)O. The summed E-state index contributed by atoms with van der Waals surface area (Å²) < 4.78 is 29.6. The Morgan fingerprint density at radius 2 is 1.51 bits per heavy atom. The molecule has 5 rings (SSSR count). The molecule has 1 aliphatic rings. The van der Waals surface area contributed by atoms with E-state index < -0.39 is 12.1 Å². The first-order valence-corrected chi connectivity index (χ1v) is 18.8. The van der Waals surface area contributed by atoms with E-state index >= 15 is 0 Å². The molecule has 1 N–H and O–H groups in total. The number of carboxylic acids is 1. The molecule has 0 saturated heterocycles. The molecule has 0 amide bonds. The third kappa shape index (κ3) is 11.8. The molecule has 4 aromatic rings. The van der Waals surface area contributed by atoms with Gasteiger partial charge in [-0.2, -0.15) is 0 Å². The van der Waals surface area contributed by atoms with E-state index in [9.17, 15) is 9.90 Å². The van der Waals surface area contributed by atoms with Crippen molar-refractivity contribution in [2.75, 3.05) is 13.2 Å². The van der Waals surface area contributed by atoms with Gasteiger partial charge in [0.1, 0.15) is 17.7 Å². The van der Waals surface area contributed by atoms with E-state index in [4.69, 9.17) is 23.0 Å². The fraction of sp³-hybridized carbons (Fsp3) is 0.513. The number of ether oxygens (including phenoxy) is 3. The van der Waals surface area contributed by atoms with E-state index in [2.05, 4.69) is 96.7 Å². The Hall–Kier alpha value is -3.06. The molecule has 0 bridgehead atoms. The van der Waals surface area contributed by atoms with Gasteiger partial charge < -0.3 is 28.2 Å². The average Bonchev–Trinajstić information content (AvgIpc) is 3.74. The number of nitrogens with zero attached hydrogens (tertiary/aromatic N) is 2. The number of carboxylic acid groups (broad SMARTS) is 1. The number of oxazole rings is 2. The number of carbonyl (C=O) groups is 1. The highest BCUT2D eigenvalue weighted by Gasteiger charge is 2.27. The van der Waals surface area contributed by atoms with Crippen molar-refractivity contribution in [3.63, 3.8) is 0 Å². The van der Waals surface area contributed by atoms with Crippen LogP contribution in [0.2, 0.25) is 0 Å². The highest BCUT2D eigenvalue weighted by atomic mass is 127. The van der Waals surface area contributed by atoms with Gasteiger partial charge in [-0.3, -0.25) is 0 Å². The molecule has 1 unspecified atom stereocenters. The highest BCUT2D eigenvalue weighted by molar-refractivity contribution is 14.1. The van der Waals surface area contributed by atoms with Gasteiger partial charge in [0.25, 0.3) is 0 Å². The second-order valence-corrected chi connectivity index (χ2v) is 13.9. The third-order valence-electron chi connectivity index (χ3n) is 8.55. The van der Waals surface area contributed by atoms with Crippen molar-refractivity contribution < 1.29 is 32.9 Å². The van der Waals surface area contributed by atoms with Crippen molar-refractivity contribution in [2.24, 2.45) is 0 Å². The van der Waals surface area contributed by atoms with Crippen molar-refractivity contribution in [2.45, 2.75) is 115 Å². The van der Waals surface area contributed by atoms with Crippen LogP contribution in [0.3, 0.4) is 0 Å². The molecular formula is C39H51IN2O7. The van der Waals surface area contributed by atoms with Crippen LogP contribution in [0.4, 0.5) is 0 Å². The summed E-state index contributed by atoms with van der Waals surface area (Å²) in [7, 11) is 0. The molecule has 1 aliphatic carbocycles. The van der Waals surface area contributed by atoms with Crippen LogP contribution in [0.25, 0.3) is 22.9 Å². The minimum atomic E-state index is -0.983. The number of hydrogen-bond acceptors (Lipinski definition) is 8. The molecule has 3 atom stereocenters. The fourth-order valence-corrected chi connectivity index (χ4v) is 5.83. The molecule has 266 valence electrons. The van der Waals surface area contributed by atoms with E-state index in [0.717, 1.165) is 64.8 Å². The maximum Gasteiger partial charge on any atom is 0.335 e. The second-order valence-electron chi connectivity index (χ2n) is 13.1. The zero-order valence-corrected chi connectivity index (χ0v) is 31.8. The van der Waals surface area contributed by atoms with E-state index in [1.807, 2.05) is 26.0 Å². The van der Waals surface area contributed by atoms with Crippen LogP contribution in [-0.4, -0.2) is 52.6 Å². The Kier molecular flexibility index (Phi) is 15.3. The number of aliphatic carboxylic acids is 1. The molecule has 1 saturated carbocycles. The van der Waals surface area contributed by atoms with Gasteiger partial charge >= 0.3 is 5.97 Å². The summed E-state index contributed by atoms with van der Waals surface area (Å²) in [5, 5.41) is 9.29. The van der Waals surface area contributed by atoms with Crippen LogP contribution in [0.1, 0.15) is 107 Å². The quantitative estimate of drug-likeness (QED) is 0.0929. The first kappa shape index (κ1) is 38.7. The van der Waals surface area contributed by atoms with Crippen molar-refractivity contribution >= 4 is 28.6 Å². The van der Waals surface area contributed by atoms with Gasteiger partial charge in [0, 0.05) is 22.2 Å². The van der Waals surface area contributed by atoms with Crippen LogP contribution in [0.15, 0.2) is 63.6 Å². The molecular weight excluding hydrogens is 735 g/mol. The minimum Gasteiger partial charge on any atom is -0.479 e. The van der Waals surface area contributed by atoms with Crippen LogP contribution < -0.4 is 0 Å². The summed E-state index contributed by atoms with van der Waals surface area (Å²) in [6, 6.07) is 16.7. The Labute approximate surface area is 304 Å². The largest absolute Gasteiger partial charge is 0.479 e.